The summed E-state index contributed by atoms with van der Waals surface area (Å²) in [5, 5.41) is 10.6. The molecule has 0 saturated carbocycles. The number of fused-ring (bicyclic) bond motifs is 1. The largest absolute Gasteiger partial charge is 0.508 e. The highest BCUT2D eigenvalue weighted by Crippen LogP contribution is 2.27. The number of nitrogens with zero attached hydrogens (tertiary/aromatic N) is 1. The highest BCUT2D eigenvalue weighted by molar-refractivity contribution is 5.84. The van der Waals surface area contributed by atoms with E-state index in [-0.39, 0.29) is 5.75 Å². The summed E-state index contributed by atoms with van der Waals surface area (Å²) in [6.07, 6.45) is 0. The Balaban J connectivity index is 1.94. The van der Waals surface area contributed by atoms with Crippen molar-refractivity contribution < 1.29 is 9.84 Å². The molecule has 3 aromatic rings. The van der Waals surface area contributed by atoms with E-state index in [0.717, 1.165) is 11.4 Å². The van der Waals surface area contributed by atoms with Gasteiger partial charge >= 0.3 is 0 Å². The maximum atomic E-state index is 9.32. The second-order valence-electron chi connectivity index (χ2n) is 5.89. The van der Waals surface area contributed by atoms with Gasteiger partial charge in [0.15, 0.2) is 0 Å². The third kappa shape index (κ3) is 2.67. The summed E-state index contributed by atoms with van der Waals surface area (Å²) in [7, 11) is 0. The maximum Gasteiger partial charge on any atom is 0.128 e. The third-order valence-electron chi connectivity index (χ3n) is 3.92. The number of benzene rings is 2. The molecule has 0 aliphatic heterocycles. The molecule has 0 aliphatic rings. The van der Waals surface area contributed by atoms with Gasteiger partial charge < -0.3 is 14.4 Å². The molecule has 0 saturated heterocycles. The van der Waals surface area contributed by atoms with Gasteiger partial charge in [0.1, 0.15) is 18.1 Å². The Morgan fingerprint density at radius 3 is 2.50 bits per heavy atom. The molecule has 0 bridgehead atoms. The van der Waals surface area contributed by atoms with Crippen LogP contribution in [0.3, 0.4) is 0 Å². The number of phenolic OH excluding ortho intramolecular Hbond substituents is 1. The van der Waals surface area contributed by atoms with E-state index in [1.54, 1.807) is 24.3 Å². The number of hydrogen-bond acceptors (Lipinski definition) is 2. The Labute approximate surface area is 130 Å². The van der Waals surface area contributed by atoms with Crippen LogP contribution in [0.15, 0.2) is 48.5 Å². The van der Waals surface area contributed by atoms with Gasteiger partial charge in [0.25, 0.3) is 0 Å². The van der Waals surface area contributed by atoms with E-state index in [4.69, 9.17) is 4.74 Å². The van der Waals surface area contributed by atoms with Crippen LogP contribution < -0.4 is 4.74 Å². The second-order valence-corrected chi connectivity index (χ2v) is 5.89. The van der Waals surface area contributed by atoms with E-state index in [1.165, 1.54) is 16.5 Å². The second kappa shape index (κ2) is 5.76. The van der Waals surface area contributed by atoms with E-state index in [2.05, 4.69) is 49.6 Å². The number of rotatable bonds is 4. The SMILES string of the molecule is Cc1cccc2c1cc(COc1ccc(O)cc1)n2C(C)C. The smallest absolute Gasteiger partial charge is 0.128 e. The van der Waals surface area contributed by atoms with Crippen LogP contribution in [-0.2, 0) is 6.61 Å². The first-order chi connectivity index (χ1) is 10.6. The van der Waals surface area contributed by atoms with Crippen molar-refractivity contribution in [3.8, 4) is 11.5 Å². The molecule has 0 atom stereocenters. The summed E-state index contributed by atoms with van der Waals surface area (Å²) in [5.41, 5.74) is 3.69. The van der Waals surface area contributed by atoms with Crippen molar-refractivity contribution in [1.82, 2.24) is 4.57 Å². The summed E-state index contributed by atoms with van der Waals surface area (Å²) in [6.45, 7) is 7.02. The molecule has 0 spiro atoms. The molecule has 0 aliphatic carbocycles. The van der Waals surface area contributed by atoms with Crippen molar-refractivity contribution in [2.45, 2.75) is 33.4 Å². The fourth-order valence-electron chi connectivity index (χ4n) is 2.87. The van der Waals surface area contributed by atoms with Gasteiger partial charge in [-0.05, 0) is 62.7 Å². The first-order valence-corrected chi connectivity index (χ1v) is 7.57. The summed E-state index contributed by atoms with van der Waals surface area (Å²) >= 11 is 0. The van der Waals surface area contributed by atoms with Gasteiger partial charge in [-0.2, -0.15) is 0 Å². The van der Waals surface area contributed by atoms with E-state index in [1.807, 2.05) is 0 Å². The van der Waals surface area contributed by atoms with Crippen LogP contribution in [0.1, 0.15) is 31.1 Å². The molecule has 3 rings (SSSR count). The predicted octanol–water partition coefficient (Wildman–Crippen LogP) is 4.82. The van der Waals surface area contributed by atoms with Crippen LogP contribution in [0.25, 0.3) is 10.9 Å². The first kappa shape index (κ1) is 14.5. The molecule has 0 fully saturated rings. The molecule has 1 aromatic heterocycles. The highest BCUT2D eigenvalue weighted by Gasteiger charge is 2.13. The number of phenols is 1. The highest BCUT2D eigenvalue weighted by atomic mass is 16.5. The molecular formula is C19H21NO2. The van der Waals surface area contributed by atoms with Gasteiger partial charge in [-0.15, -0.1) is 0 Å². The zero-order valence-corrected chi connectivity index (χ0v) is 13.2. The Morgan fingerprint density at radius 1 is 1.09 bits per heavy atom. The molecule has 22 heavy (non-hydrogen) atoms. The normalized spacial score (nSPS) is 11.3. The molecule has 0 radical (unpaired) electrons. The summed E-state index contributed by atoms with van der Waals surface area (Å²) in [4.78, 5) is 0. The number of aryl methyl sites for hydroxylation is 1. The predicted molar refractivity (Wildman–Crippen MR) is 89.5 cm³/mol. The lowest BCUT2D eigenvalue weighted by atomic mass is 10.1. The monoisotopic (exact) mass is 295 g/mol. The Kier molecular flexibility index (Phi) is 3.80. The van der Waals surface area contributed by atoms with E-state index >= 15 is 0 Å². The standard InChI is InChI=1S/C19H21NO2/c1-13(2)20-15(11-18-14(3)5-4-6-19(18)20)12-22-17-9-7-16(21)8-10-17/h4-11,13,21H,12H2,1-3H3. The molecule has 3 nitrogen and oxygen atoms in total. The van der Waals surface area contributed by atoms with Crippen LogP contribution in [0.4, 0.5) is 0 Å². The molecule has 1 heterocycles. The van der Waals surface area contributed by atoms with Crippen LogP contribution in [-0.4, -0.2) is 9.67 Å². The van der Waals surface area contributed by atoms with Gasteiger partial charge in [-0.3, -0.25) is 0 Å². The number of aromatic nitrogens is 1. The van der Waals surface area contributed by atoms with E-state index < -0.39 is 0 Å². The van der Waals surface area contributed by atoms with Gasteiger partial charge in [0.05, 0.1) is 5.69 Å². The Morgan fingerprint density at radius 2 is 1.82 bits per heavy atom. The minimum Gasteiger partial charge on any atom is -0.508 e. The molecule has 0 unspecified atom stereocenters. The van der Waals surface area contributed by atoms with Crippen molar-refractivity contribution >= 4 is 10.9 Å². The van der Waals surface area contributed by atoms with Crippen molar-refractivity contribution in [1.29, 1.82) is 0 Å². The topological polar surface area (TPSA) is 34.4 Å². The molecule has 114 valence electrons. The van der Waals surface area contributed by atoms with Gasteiger partial charge in [0.2, 0.25) is 0 Å². The summed E-state index contributed by atoms with van der Waals surface area (Å²) in [5.74, 6) is 1.01. The van der Waals surface area contributed by atoms with Crippen molar-refractivity contribution in [2.75, 3.05) is 0 Å². The van der Waals surface area contributed by atoms with Crippen LogP contribution >= 0.6 is 0 Å². The number of aromatic hydroxyl groups is 1. The zero-order valence-electron chi connectivity index (χ0n) is 13.2. The molecule has 0 amide bonds. The average Bonchev–Trinajstić information content (AvgIpc) is 2.87. The van der Waals surface area contributed by atoms with Crippen LogP contribution in [0.5, 0.6) is 11.5 Å². The lowest BCUT2D eigenvalue weighted by Gasteiger charge is -2.15. The van der Waals surface area contributed by atoms with Gasteiger partial charge in [-0.25, -0.2) is 0 Å². The molecular weight excluding hydrogens is 274 g/mol. The summed E-state index contributed by atoms with van der Waals surface area (Å²) in [6, 6.07) is 15.8. The molecule has 1 N–H and O–H groups in total. The van der Waals surface area contributed by atoms with Crippen molar-refractivity contribution in [3.63, 3.8) is 0 Å². The lowest BCUT2D eigenvalue weighted by molar-refractivity contribution is 0.292. The molecule has 3 heteroatoms. The quantitative estimate of drug-likeness (QED) is 0.749. The zero-order chi connectivity index (χ0) is 15.7. The Hall–Kier alpha value is -2.42. The number of hydrogen-bond donors (Lipinski definition) is 1. The van der Waals surface area contributed by atoms with Crippen LogP contribution in [0.2, 0.25) is 0 Å². The molecule has 2 aromatic carbocycles. The Bertz CT molecular complexity index is 785. The fourth-order valence-corrected chi connectivity index (χ4v) is 2.87. The third-order valence-corrected chi connectivity index (χ3v) is 3.92. The summed E-state index contributed by atoms with van der Waals surface area (Å²) < 4.78 is 8.20. The maximum absolute atomic E-state index is 9.32. The van der Waals surface area contributed by atoms with Gasteiger partial charge in [0, 0.05) is 16.9 Å². The lowest BCUT2D eigenvalue weighted by Crippen LogP contribution is -2.08. The van der Waals surface area contributed by atoms with Gasteiger partial charge in [-0.1, -0.05) is 12.1 Å². The number of ether oxygens (including phenoxy) is 1. The minimum absolute atomic E-state index is 0.249. The van der Waals surface area contributed by atoms with Crippen LogP contribution in [0, 0.1) is 6.92 Å². The van der Waals surface area contributed by atoms with Crippen molar-refractivity contribution in [3.05, 3.63) is 59.8 Å². The minimum atomic E-state index is 0.249. The first-order valence-electron chi connectivity index (χ1n) is 7.57. The fraction of sp³-hybridized carbons (Fsp3) is 0.263. The van der Waals surface area contributed by atoms with E-state index in [0.29, 0.717) is 12.6 Å². The van der Waals surface area contributed by atoms with E-state index in [9.17, 15) is 5.11 Å². The van der Waals surface area contributed by atoms with Crippen molar-refractivity contribution in [2.24, 2.45) is 0 Å². The average molecular weight is 295 g/mol.